The second-order valence-corrected chi connectivity index (χ2v) is 6.35. The summed E-state index contributed by atoms with van der Waals surface area (Å²) < 4.78 is 11.5. The van der Waals surface area contributed by atoms with Crippen molar-refractivity contribution in [3.63, 3.8) is 0 Å². The summed E-state index contributed by atoms with van der Waals surface area (Å²) in [7, 11) is 0. The molecule has 1 atom stereocenters. The summed E-state index contributed by atoms with van der Waals surface area (Å²) in [6.07, 6.45) is 2.83. The Morgan fingerprint density at radius 2 is 2.04 bits per heavy atom. The van der Waals surface area contributed by atoms with Gasteiger partial charge in [-0.3, -0.25) is 9.89 Å². The van der Waals surface area contributed by atoms with Gasteiger partial charge in [-0.25, -0.2) is 0 Å². The monoisotopic (exact) mass is 327 g/mol. The summed E-state index contributed by atoms with van der Waals surface area (Å²) in [5, 5.41) is 6.95. The summed E-state index contributed by atoms with van der Waals surface area (Å²) in [6, 6.07) is 7.87. The van der Waals surface area contributed by atoms with Gasteiger partial charge < -0.3 is 14.4 Å². The Balaban J connectivity index is 1.61. The quantitative estimate of drug-likeness (QED) is 0.921. The molecule has 3 heterocycles. The number of nitrogens with zero attached hydrogens (tertiary/aromatic N) is 2. The van der Waals surface area contributed by atoms with Crippen molar-refractivity contribution in [2.75, 3.05) is 19.8 Å². The number of hydrogen-bond donors (Lipinski definition) is 1. The van der Waals surface area contributed by atoms with E-state index in [1.165, 1.54) is 0 Å². The van der Waals surface area contributed by atoms with E-state index in [2.05, 4.69) is 10.2 Å². The first-order valence-electron chi connectivity index (χ1n) is 8.45. The Labute approximate surface area is 140 Å². The Morgan fingerprint density at radius 1 is 1.21 bits per heavy atom. The van der Waals surface area contributed by atoms with Crippen LogP contribution in [0.3, 0.4) is 0 Å². The number of H-pyrrole nitrogens is 1. The van der Waals surface area contributed by atoms with Crippen molar-refractivity contribution in [3.05, 3.63) is 41.2 Å². The lowest BCUT2D eigenvalue weighted by molar-refractivity contribution is 0.0729. The minimum absolute atomic E-state index is 0.0195. The van der Waals surface area contributed by atoms with Crippen LogP contribution in [-0.2, 0) is 0 Å². The number of aromatic nitrogens is 2. The lowest BCUT2D eigenvalue weighted by Crippen LogP contribution is -2.30. The van der Waals surface area contributed by atoms with Crippen molar-refractivity contribution < 1.29 is 14.3 Å². The van der Waals surface area contributed by atoms with Gasteiger partial charge in [0.05, 0.1) is 19.3 Å². The fourth-order valence-electron chi connectivity index (χ4n) is 3.42. The first-order valence-corrected chi connectivity index (χ1v) is 8.45. The number of aryl methyl sites for hydroxylation is 1. The third-order valence-electron chi connectivity index (χ3n) is 4.60. The Hall–Kier alpha value is -2.50. The molecule has 0 aliphatic carbocycles. The van der Waals surface area contributed by atoms with Gasteiger partial charge in [0.25, 0.3) is 5.91 Å². The van der Waals surface area contributed by atoms with Crippen molar-refractivity contribution in [3.8, 4) is 11.5 Å². The lowest BCUT2D eigenvalue weighted by Gasteiger charge is -2.25. The van der Waals surface area contributed by atoms with E-state index < -0.39 is 0 Å². The summed E-state index contributed by atoms with van der Waals surface area (Å²) in [4.78, 5) is 14.7. The van der Waals surface area contributed by atoms with Crippen LogP contribution in [0.1, 0.15) is 47.1 Å². The fourth-order valence-corrected chi connectivity index (χ4v) is 3.42. The number of likely N-dealkylation sites (tertiary alicyclic amines) is 1. The van der Waals surface area contributed by atoms with Gasteiger partial charge in [-0.2, -0.15) is 5.10 Å². The van der Waals surface area contributed by atoms with Crippen LogP contribution in [-0.4, -0.2) is 40.8 Å². The van der Waals surface area contributed by atoms with E-state index in [1.54, 1.807) is 6.07 Å². The van der Waals surface area contributed by atoms with Crippen molar-refractivity contribution >= 4 is 5.91 Å². The highest BCUT2D eigenvalue weighted by atomic mass is 16.5. The third-order valence-corrected chi connectivity index (χ3v) is 4.60. The van der Waals surface area contributed by atoms with E-state index in [9.17, 15) is 4.79 Å². The molecule has 2 aromatic rings. The van der Waals surface area contributed by atoms with Crippen molar-refractivity contribution in [2.24, 2.45) is 0 Å². The molecule has 2 aliphatic heterocycles. The van der Waals surface area contributed by atoms with Gasteiger partial charge in [-0.05, 0) is 43.5 Å². The maximum absolute atomic E-state index is 12.8. The highest BCUT2D eigenvalue weighted by Gasteiger charge is 2.32. The van der Waals surface area contributed by atoms with Crippen LogP contribution in [0.4, 0.5) is 0 Å². The molecule has 126 valence electrons. The number of nitrogens with one attached hydrogen (secondary N) is 1. The number of carbonyl (C=O) groups is 1. The van der Waals surface area contributed by atoms with E-state index in [1.807, 2.05) is 30.0 Å². The average molecular weight is 327 g/mol. The maximum atomic E-state index is 12.8. The molecule has 1 amide bonds. The van der Waals surface area contributed by atoms with Gasteiger partial charge in [-0.1, -0.05) is 6.07 Å². The largest absolute Gasteiger partial charge is 0.490 e. The number of benzene rings is 1. The molecule has 4 rings (SSSR count). The topological polar surface area (TPSA) is 67.5 Å². The van der Waals surface area contributed by atoms with Crippen molar-refractivity contribution in [1.29, 1.82) is 0 Å². The van der Waals surface area contributed by atoms with Crippen LogP contribution in [0, 0.1) is 6.92 Å². The molecule has 0 bridgehead atoms. The Morgan fingerprint density at radius 3 is 2.83 bits per heavy atom. The maximum Gasteiger partial charge on any atom is 0.274 e. The number of hydrogen-bond acceptors (Lipinski definition) is 4. The van der Waals surface area contributed by atoms with Crippen LogP contribution >= 0.6 is 0 Å². The van der Waals surface area contributed by atoms with Crippen LogP contribution < -0.4 is 9.47 Å². The molecule has 1 aromatic carbocycles. The van der Waals surface area contributed by atoms with Gasteiger partial charge in [0, 0.05) is 18.7 Å². The van der Waals surface area contributed by atoms with Crippen LogP contribution in [0.5, 0.6) is 11.5 Å². The summed E-state index contributed by atoms with van der Waals surface area (Å²) in [5.74, 6) is 1.55. The van der Waals surface area contributed by atoms with Crippen molar-refractivity contribution in [2.45, 2.75) is 32.2 Å². The highest BCUT2D eigenvalue weighted by molar-refractivity contribution is 5.92. The average Bonchev–Trinajstić information content (AvgIpc) is 3.18. The predicted molar refractivity (Wildman–Crippen MR) is 88.4 cm³/mol. The van der Waals surface area contributed by atoms with Gasteiger partial charge in [0.1, 0.15) is 5.69 Å². The molecule has 1 N–H and O–H groups in total. The van der Waals surface area contributed by atoms with Gasteiger partial charge in [-0.15, -0.1) is 0 Å². The SMILES string of the molecule is Cc1cc(C(=O)N2CCCC2c2ccc3c(c2)OCCCO3)n[nH]1. The normalized spacial score (nSPS) is 20.0. The smallest absolute Gasteiger partial charge is 0.274 e. The van der Waals surface area contributed by atoms with E-state index in [0.717, 1.165) is 48.6 Å². The fraction of sp³-hybridized carbons (Fsp3) is 0.444. The molecule has 0 radical (unpaired) electrons. The molecule has 1 saturated heterocycles. The molecular formula is C18H21N3O3. The number of fused-ring (bicyclic) bond motifs is 1. The van der Waals surface area contributed by atoms with Crippen LogP contribution in [0.15, 0.2) is 24.3 Å². The zero-order chi connectivity index (χ0) is 16.5. The summed E-state index contributed by atoms with van der Waals surface area (Å²) in [6.45, 7) is 3.99. The number of aromatic amines is 1. The molecule has 2 aliphatic rings. The number of rotatable bonds is 2. The minimum Gasteiger partial charge on any atom is -0.490 e. The molecule has 0 spiro atoms. The molecule has 1 aromatic heterocycles. The van der Waals surface area contributed by atoms with E-state index in [0.29, 0.717) is 18.9 Å². The Kier molecular flexibility index (Phi) is 3.88. The van der Waals surface area contributed by atoms with E-state index >= 15 is 0 Å². The third kappa shape index (κ3) is 2.72. The Bertz CT molecular complexity index is 756. The summed E-state index contributed by atoms with van der Waals surface area (Å²) >= 11 is 0. The summed E-state index contributed by atoms with van der Waals surface area (Å²) in [5.41, 5.74) is 2.47. The molecule has 0 saturated carbocycles. The minimum atomic E-state index is -0.0195. The van der Waals surface area contributed by atoms with E-state index in [4.69, 9.17) is 9.47 Å². The first kappa shape index (κ1) is 15.1. The van der Waals surface area contributed by atoms with Gasteiger partial charge in [0.15, 0.2) is 11.5 Å². The van der Waals surface area contributed by atoms with Crippen LogP contribution in [0.25, 0.3) is 0 Å². The molecule has 24 heavy (non-hydrogen) atoms. The molecule has 6 heteroatoms. The zero-order valence-corrected chi connectivity index (χ0v) is 13.7. The van der Waals surface area contributed by atoms with Crippen LogP contribution in [0.2, 0.25) is 0 Å². The number of carbonyl (C=O) groups excluding carboxylic acids is 1. The zero-order valence-electron chi connectivity index (χ0n) is 13.7. The second kappa shape index (κ2) is 6.19. The first-order chi connectivity index (χ1) is 11.7. The second-order valence-electron chi connectivity index (χ2n) is 6.35. The van der Waals surface area contributed by atoms with E-state index in [-0.39, 0.29) is 11.9 Å². The molecular weight excluding hydrogens is 306 g/mol. The van der Waals surface area contributed by atoms with Gasteiger partial charge in [0.2, 0.25) is 0 Å². The van der Waals surface area contributed by atoms with Gasteiger partial charge >= 0.3 is 0 Å². The van der Waals surface area contributed by atoms with Crippen molar-refractivity contribution in [1.82, 2.24) is 15.1 Å². The molecule has 1 fully saturated rings. The number of amides is 1. The molecule has 6 nitrogen and oxygen atoms in total. The lowest BCUT2D eigenvalue weighted by atomic mass is 10.0. The highest BCUT2D eigenvalue weighted by Crippen LogP contribution is 2.38. The standard InChI is InChI=1S/C18H21N3O3/c1-12-10-14(20-19-12)18(22)21-7-2-4-15(21)13-5-6-16-17(11-13)24-9-3-8-23-16/h5-6,10-11,15H,2-4,7-9H2,1H3,(H,19,20). The predicted octanol–water partition coefficient (Wildman–Crippen LogP) is 2.86. The number of ether oxygens (including phenoxy) is 2. The molecule has 1 unspecified atom stereocenters.